The summed E-state index contributed by atoms with van der Waals surface area (Å²) < 4.78 is 5.54. The molecule has 1 aromatic heterocycles. The van der Waals surface area contributed by atoms with Gasteiger partial charge in [-0.2, -0.15) is 0 Å². The van der Waals surface area contributed by atoms with E-state index in [4.69, 9.17) is 16.3 Å². The monoisotopic (exact) mass is 308 g/mol. The average molecular weight is 309 g/mol. The van der Waals surface area contributed by atoms with Crippen molar-refractivity contribution in [3.05, 3.63) is 39.0 Å². The SMILES string of the molecule is CCOc1cccc2c(Cl)c([N+](=O)[O-])c(CC(C)C)nc12. The molecule has 0 unspecified atom stereocenters. The molecule has 0 saturated carbocycles. The molecule has 112 valence electrons. The second-order valence-corrected chi connectivity index (χ2v) is 5.54. The normalized spacial score (nSPS) is 11.1. The van der Waals surface area contributed by atoms with Crippen LogP contribution in [-0.4, -0.2) is 16.5 Å². The van der Waals surface area contributed by atoms with Crippen LogP contribution in [0, 0.1) is 16.0 Å². The van der Waals surface area contributed by atoms with Crippen LogP contribution in [0.15, 0.2) is 18.2 Å². The molecule has 6 heteroatoms. The maximum atomic E-state index is 11.3. The van der Waals surface area contributed by atoms with Crippen molar-refractivity contribution in [2.75, 3.05) is 6.61 Å². The summed E-state index contributed by atoms with van der Waals surface area (Å²) in [4.78, 5) is 15.3. The number of para-hydroxylation sites is 1. The Morgan fingerprint density at radius 3 is 2.71 bits per heavy atom. The summed E-state index contributed by atoms with van der Waals surface area (Å²) in [6, 6.07) is 5.27. The minimum Gasteiger partial charge on any atom is -0.492 e. The fourth-order valence-electron chi connectivity index (χ4n) is 2.24. The summed E-state index contributed by atoms with van der Waals surface area (Å²) in [7, 11) is 0. The first kappa shape index (κ1) is 15.5. The lowest BCUT2D eigenvalue weighted by Crippen LogP contribution is -2.05. The third kappa shape index (κ3) is 3.08. The lowest BCUT2D eigenvalue weighted by atomic mass is 10.0. The van der Waals surface area contributed by atoms with E-state index in [0.29, 0.717) is 35.4 Å². The zero-order valence-corrected chi connectivity index (χ0v) is 13.0. The first-order valence-corrected chi connectivity index (χ1v) is 7.21. The molecule has 1 aromatic carbocycles. The van der Waals surface area contributed by atoms with Crippen LogP contribution in [0.4, 0.5) is 5.69 Å². The van der Waals surface area contributed by atoms with Crippen LogP contribution in [-0.2, 0) is 6.42 Å². The van der Waals surface area contributed by atoms with Crippen LogP contribution < -0.4 is 4.74 Å². The lowest BCUT2D eigenvalue weighted by molar-refractivity contribution is -0.385. The summed E-state index contributed by atoms with van der Waals surface area (Å²) >= 11 is 6.26. The van der Waals surface area contributed by atoms with Gasteiger partial charge in [-0.3, -0.25) is 10.1 Å². The Bertz CT molecular complexity index is 686. The van der Waals surface area contributed by atoms with Gasteiger partial charge in [0.05, 0.1) is 11.5 Å². The highest BCUT2D eigenvalue weighted by Gasteiger charge is 2.25. The lowest BCUT2D eigenvalue weighted by Gasteiger charge is -2.12. The van der Waals surface area contributed by atoms with Gasteiger partial charge < -0.3 is 4.74 Å². The largest absolute Gasteiger partial charge is 0.492 e. The number of rotatable bonds is 5. The van der Waals surface area contributed by atoms with Crippen molar-refractivity contribution in [3.8, 4) is 5.75 Å². The molecule has 0 amide bonds. The molecule has 5 nitrogen and oxygen atoms in total. The maximum Gasteiger partial charge on any atom is 0.309 e. The number of hydrogen-bond acceptors (Lipinski definition) is 4. The van der Waals surface area contributed by atoms with Crippen molar-refractivity contribution in [2.45, 2.75) is 27.2 Å². The molecule has 0 aliphatic carbocycles. The van der Waals surface area contributed by atoms with Gasteiger partial charge in [0.25, 0.3) is 0 Å². The van der Waals surface area contributed by atoms with Gasteiger partial charge >= 0.3 is 5.69 Å². The van der Waals surface area contributed by atoms with E-state index in [2.05, 4.69) is 4.98 Å². The summed E-state index contributed by atoms with van der Waals surface area (Å²) in [5, 5.41) is 12.0. The quantitative estimate of drug-likeness (QED) is 0.607. The average Bonchev–Trinajstić information content (AvgIpc) is 2.39. The smallest absolute Gasteiger partial charge is 0.309 e. The summed E-state index contributed by atoms with van der Waals surface area (Å²) in [5.74, 6) is 0.834. The number of halogens is 1. The predicted octanol–water partition coefficient (Wildman–Crippen LogP) is 4.39. The zero-order chi connectivity index (χ0) is 15.6. The molecule has 0 N–H and O–H groups in total. The molecule has 21 heavy (non-hydrogen) atoms. The van der Waals surface area contributed by atoms with Crippen molar-refractivity contribution in [3.63, 3.8) is 0 Å². The molecular formula is C15H17ClN2O3. The predicted molar refractivity (Wildman–Crippen MR) is 83.1 cm³/mol. The van der Waals surface area contributed by atoms with E-state index in [1.54, 1.807) is 18.2 Å². The highest BCUT2D eigenvalue weighted by molar-refractivity contribution is 6.37. The molecule has 0 radical (unpaired) electrons. The Hall–Kier alpha value is -1.88. The highest BCUT2D eigenvalue weighted by Crippen LogP contribution is 2.38. The Kier molecular flexibility index (Phi) is 4.63. The van der Waals surface area contributed by atoms with Crippen LogP contribution in [0.1, 0.15) is 26.5 Å². The Morgan fingerprint density at radius 2 is 2.14 bits per heavy atom. The van der Waals surface area contributed by atoms with Crippen molar-refractivity contribution in [1.29, 1.82) is 0 Å². The summed E-state index contributed by atoms with van der Waals surface area (Å²) in [5.41, 5.74) is 0.872. The van der Waals surface area contributed by atoms with Gasteiger partial charge in [-0.1, -0.05) is 37.6 Å². The Morgan fingerprint density at radius 1 is 1.43 bits per heavy atom. The van der Waals surface area contributed by atoms with Gasteiger partial charge in [-0.25, -0.2) is 4.98 Å². The molecule has 0 aliphatic heterocycles. The second kappa shape index (κ2) is 6.26. The van der Waals surface area contributed by atoms with Gasteiger partial charge in [-0.15, -0.1) is 0 Å². The minimum atomic E-state index is -0.458. The van der Waals surface area contributed by atoms with E-state index in [-0.39, 0.29) is 16.6 Å². The molecule has 0 atom stereocenters. The molecule has 2 aromatic rings. The van der Waals surface area contributed by atoms with E-state index in [1.165, 1.54) is 0 Å². The van der Waals surface area contributed by atoms with Gasteiger partial charge in [0, 0.05) is 5.39 Å². The van der Waals surface area contributed by atoms with E-state index >= 15 is 0 Å². The van der Waals surface area contributed by atoms with E-state index in [9.17, 15) is 10.1 Å². The number of benzene rings is 1. The molecule has 0 bridgehead atoms. The van der Waals surface area contributed by atoms with Gasteiger partial charge in [0.15, 0.2) is 0 Å². The van der Waals surface area contributed by atoms with Crippen LogP contribution in [0.5, 0.6) is 5.75 Å². The first-order chi connectivity index (χ1) is 9.95. The maximum absolute atomic E-state index is 11.3. The summed E-state index contributed by atoms with van der Waals surface area (Å²) in [6.07, 6.45) is 0.492. The fraction of sp³-hybridized carbons (Fsp3) is 0.400. The standard InChI is InChI=1S/C15H17ClN2O3/c1-4-21-12-7-5-6-10-13(16)15(18(19)20)11(8-9(2)3)17-14(10)12/h5-7,9H,4,8H2,1-3H3. The molecule has 0 saturated heterocycles. The van der Waals surface area contributed by atoms with Gasteiger partial charge in [0.2, 0.25) is 0 Å². The number of pyridine rings is 1. The van der Waals surface area contributed by atoms with E-state index in [1.807, 2.05) is 20.8 Å². The van der Waals surface area contributed by atoms with Crippen molar-refractivity contribution in [2.24, 2.45) is 5.92 Å². The topological polar surface area (TPSA) is 65.3 Å². The van der Waals surface area contributed by atoms with Crippen molar-refractivity contribution < 1.29 is 9.66 Å². The number of hydrogen-bond donors (Lipinski definition) is 0. The summed E-state index contributed by atoms with van der Waals surface area (Å²) in [6.45, 7) is 6.34. The minimum absolute atomic E-state index is 0.105. The van der Waals surface area contributed by atoms with Crippen LogP contribution in [0.25, 0.3) is 10.9 Å². The number of nitrogens with zero attached hydrogens (tertiary/aromatic N) is 2. The van der Waals surface area contributed by atoms with Crippen molar-refractivity contribution >= 4 is 28.2 Å². The Balaban J connectivity index is 2.77. The van der Waals surface area contributed by atoms with E-state index in [0.717, 1.165) is 0 Å². The van der Waals surface area contributed by atoms with Crippen LogP contribution in [0.3, 0.4) is 0 Å². The first-order valence-electron chi connectivity index (χ1n) is 6.84. The third-order valence-corrected chi connectivity index (χ3v) is 3.43. The fourth-order valence-corrected chi connectivity index (χ4v) is 2.57. The van der Waals surface area contributed by atoms with Gasteiger partial charge in [-0.05, 0) is 25.3 Å². The highest BCUT2D eigenvalue weighted by atomic mass is 35.5. The number of ether oxygens (including phenoxy) is 1. The molecule has 1 heterocycles. The number of nitro groups is 1. The molecule has 0 fully saturated rings. The van der Waals surface area contributed by atoms with Crippen molar-refractivity contribution in [1.82, 2.24) is 4.98 Å². The van der Waals surface area contributed by atoms with Gasteiger partial charge in [0.1, 0.15) is 22.0 Å². The molecule has 2 rings (SSSR count). The third-order valence-electron chi connectivity index (χ3n) is 3.05. The number of aromatic nitrogens is 1. The van der Waals surface area contributed by atoms with E-state index < -0.39 is 4.92 Å². The van der Waals surface area contributed by atoms with Crippen LogP contribution in [0.2, 0.25) is 5.02 Å². The molecular weight excluding hydrogens is 292 g/mol. The van der Waals surface area contributed by atoms with Crippen LogP contribution >= 0.6 is 11.6 Å². The number of fused-ring (bicyclic) bond motifs is 1. The zero-order valence-electron chi connectivity index (χ0n) is 12.2. The second-order valence-electron chi connectivity index (χ2n) is 5.16. The molecule has 0 aliphatic rings. The molecule has 0 spiro atoms. The Labute approximate surface area is 128 Å².